The molecule has 4 saturated heterocycles. The van der Waals surface area contributed by atoms with E-state index in [4.69, 9.17) is 24.2 Å². The summed E-state index contributed by atoms with van der Waals surface area (Å²) < 4.78 is 78.7. The molecule has 5 fully saturated rings. The normalized spacial score (nSPS) is 26.5. The van der Waals surface area contributed by atoms with Gasteiger partial charge in [0, 0.05) is 67.7 Å². The molecule has 0 radical (unpaired) electrons. The third-order valence-electron chi connectivity index (χ3n) is 12.8. The number of aromatic nitrogens is 4. The molecule has 1 aromatic carbocycles. The maximum Gasteiger partial charge on any atom is 0.417 e. The number of amides is 1. The Labute approximate surface area is 342 Å². The van der Waals surface area contributed by atoms with Gasteiger partial charge in [0.15, 0.2) is 6.23 Å². The summed E-state index contributed by atoms with van der Waals surface area (Å²) in [5, 5.41) is 27.7. The molecule has 4 aliphatic heterocycles. The van der Waals surface area contributed by atoms with E-state index in [1.54, 1.807) is 9.58 Å². The molecule has 2 unspecified atom stereocenters. The quantitative estimate of drug-likeness (QED) is 0.197. The summed E-state index contributed by atoms with van der Waals surface area (Å²) >= 11 is 0. The van der Waals surface area contributed by atoms with E-state index in [1.807, 2.05) is 32.6 Å². The number of carbonyl (C=O) groups is 1. The summed E-state index contributed by atoms with van der Waals surface area (Å²) in [7, 11) is 0. The number of hydrogen-bond acceptors (Lipinski definition) is 11. The van der Waals surface area contributed by atoms with Crippen molar-refractivity contribution in [2.24, 2.45) is 5.41 Å². The van der Waals surface area contributed by atoms with Gasteiger partial charge in [0.1, 0.15) is 17.6 Å². The van der Waals surface area contributed by atoms with Gasteiger partial charge in [-0.25, -0.2) is 13.9 Å². The first kappa shape index (κ1) is 41.9. The number of nitrogens with zero attached hydrogens (tertiary/aromatic N) is 7. The van der Waals surface area contributed by atoms with E-state index >= 15 is 0 Å². The monoisotopic (exact) mass is 831 g/mol. The van der Waals surface area contributed by atoms with Crippen molar-refractivity contribution in [3.8, 4) is 6.01 Å². The molecule has 1 aliphatic carbocycles. The predicted octanol–water partition coefficient (Wildman–Crippen LogP) is 6.80. The second-order valence-electron chi connectivity index (χ2n) is 18.8. The van der Waals surface area contributed by atoms with E-state index in [0.717, 1.165) is 25.7 Å². The lowest BCUT2D eigenvalue weighted by atomic mass is 9.91. The van der Waals surface area contributed by atoms with Gasteiger partial charge in [0.2, 0.25) is 0 Å². The average molecular weight is 832 g/mol. The molecular weight excluding hydrogens is 774 g/mol. The minimum absolute atomic E-state index is 0.0322. The number of halogens is 4. The summed E-state index contributed by atoms with van der Waals surface area (Å²) in [6.07, 6.45) is -1.19. The summed E-state index contributed by atoms with van der Waals surface area (Å²) in [5.41, 5.74) is -2.09. The molecule has 2 aromatic heterocycles. The summed E-state index contributed by atoms with van der Waals surface area (Å²) in [6, 6.07) is 1.18. The Bertz CT molecular complexity index is 2050. The first-order valence-electron chi connectivity index (χ1n) is 21.0. The fourth-order valence-corrected chi connectivity index (χ4v) is 9.87. The lowest BCUT2D eigenvalue weighted by Gasteiger charge is -2.48. The number of benzene rings is 1. The van der Waals surface area contributed by atoms with E-state index in [2.05, 4.69) is 10.00 Å². The van der Waals surface area contributed by atoms with E-state index in [-0.39, 0.29) is 51.8 Å². The Balaban J connectivity index is 1.16. The van der Waals surface area contributed by atoms with Gasteiger partial charge < -0.3 is 29.3 Å². The minimum atomic E-state index is -4.80. The van der Waals surface area contributed by atoms with Gasteiger partial charge >= 0.3 is 18.3 Å². The molecule has 13 nitrogen and oxygen atoms in total. The number of aryl methyl sites for hydroxylation is 1. The number of carbonyl (C=O) groups excluding carboxylic acids is 1. The first-order valence-corrected chi connectivity index (χ1v) is 21.0. The Morgan fingerprint density at radius 3 is 2.51 bits per heavy atom. The van der Waals surface area contributed by atoms with Gasteiger partial charge in [-0.15, -0.1) is 0 Å². The fourth-order valence-electron chi connectivity index (χ4n) is 9.87. The van der Waals surface area contributed by atoms with Gasteiger partial charge in [-0.3, -0.25) is 9.80 Å². The maximum atomic E-state index is 15.0. The number of aliphatic hydroxyl groups excluding tert-OH is 2. The third kappa shape index (κ3) is 8.45. The van der Waals surface area contributed by atoms with Gasteiger partial charge in [0.05, 0.1) is 53.9 Å². The Kier molecular flexibility index (Phi) is 11.1. The molecule has 1 amide bonds. The van der Waals surface area contributed by atoms with Crippen LogP contribution >= 0.6 is 0 Å². The molecule has 3 aromatic rings. The number of aliphatic hydroxyl groups is 2. The van der Waals surface area contributed by atoms with Crippen molar-refractivity contribution in [2.75, 3.05) is 50.8 Å². The number of fused-ring (bicyclic) bond motifs is 3. The molecule has 17 heteroatoms. The average Bonchev–Trinajstić information content (AvgIpc) is 3.48. The van der Waals surface area contributed by atoms with Crippen LogP contribution < -0.4 is 9.64 Å². The molecule has 6 heterocycles. The molecule has 2 bridgehead atoms. The highest BCUT2D eigenvalue weighted by Gasteiger charge is 2.53. The van der Waals surface area contributed by atoms with Gasteiger partial charge in [0.25, 0.3) is 0 Å². The highest BCUT2D eigenvalue weighted by molar-refractivity contribution is 5.85. The number of ether oxygens (including phenoxy) is 3. The summed E-state index contributed by atoms with van der Waals surface area (Å²) in [6.45, 7) is 11.4. The zero-order valence-electron chi connectivity index (χ0n) is 34.7. The fraction of sp³-hybridized carbons (Fsp3) is 0.714. The Morgan fingerprint density at radius 1 is 1.10 bits per heavy atom. The highest BCUT2D eigenvalue weighted by atomic mass is 19.4. The molecule has 1 saturated carbocycles. The lowest BCUT2D eigenvalue weighted by molar-refractivity contribution is -0.139. The van der Waals surface area contributed by atoms with Crippen LogP contribution in [0.1, 0.15) is 119 Å². The van der Waals surface area contributed by atoms with Crippen molar-refractivity contribution in [1.29, 1.82) is 0 Å². The second kappa shape index (κ2) is 15.6. The van der Waals surface area contributed by atoms with Crippen LogP contribution in [0, 0.1) is 12.3 Å². The Morgan fingerprint density at radius 2 is 1.88 bits per heavy atom. The number of rotatable bonds is 11. The molecule has 2 N–H and O–H groups in total. The molecular formula is C42H57F4N7O6. The largest absolute Gasteiger partial charge is 0.463 e. The van der Waals surface area contributed by atoms with E-state index in [0.29, 0.717) is 76.3 Å². The third-order valence-corrected chi connectivity index (χ3v) is 12.8. The molecule has 0 spiro atoms. The molecule has 324 valence electrons. The van der Waals surface area contributed by atoms with Crippen LogP contribution in [0.4, 0.5) is 28.2 Å². The van der Waals surface area contributed by atoms with Crippen LogP contribution in [0.3, 0.4) is 0 Å². The number of likely N-dealkylation sites (tertiary alicyclic amines) is 1. The topological polar surface area (TPSA) is 139 Å². The van der Waals surface area contributed by atoms with Gasteiger partial charge in [-0.1, -0.05) is 0 Å². The molecule has 8 rings (SSSR count). The number of piperazine rings is 1. The number of anilines is 1. The van der Waals surface area contributed by atoms with Crippen LogP contribution in [-0.4, -0.2) is 115 Å². The van der Waals surface area contributed by atoms with Crippen molar-refractivity contribution in [1.82, 2.24) is 29.5 Å². The molecule has 5 atom stereocenters. The van der Waals surface area contributed by atoms with E-state index < -0.39 is 60.5 Å². The van der Waals surface area contributed by atoms with Gasteiger partial charge in [-0.05, 0) is 97.6 Å². The van der Waals surface area contributed by atoms with Crippen LogP contribution in [-0.2, 0) is 28.7 Å². The van der Waals surface area contributed by atoms with Crippen LogP contribution in [0.2, 0.25) is 0 Å². The molecule has 5 aliphatic rings. The molecule has 59 heavy (non-hydrogen) atoms. The number of hydrogen-bond donors (Lipinski definition) is 2. The van der Waals surface area contributed by atoms with Gasteiger partial charge in [-0.2, -0.15) is 28.2 Å². The van der Waals surface area contributed by atoms with Crippen molar-refractivity contribution < 1.29 is 46.8 Å². The Hall–Kier alpha value is -3.80. The standard InChI is InChI=1S/C42H57F4N7O6/c1-25-16-31-28(18-47-53(31)33-8-6-7-15-57-33)34(35(25)42(44,45)46)32(55)17-30-29(21-54)36(49-37(48-30)58-24-41(12-13-41)23-50-14-10-26(43)19-50)51-20-27-9-11-40(5,22-51)52(27)38(56)59-39(2,3)4/h16,18,26-27,32-33,54-55H,6-15,17,19-24H2,1-5H3/t26-,27-,32?,33?,40+/m1/s1. The van der Waals surface area contributed by atoms with Crippen LogP contribution in [0.25, 0.3) is 10.9 Å². The van der Waals surface area contributed by atoms with Crippen molar-refractivity contribution in [3.63, 3.8) is 0 Å². The summed E-state index contributed by atoms with van der Waals surface area (Å²) in [5.74, 6) is 0.332. The van der Waals surface area contributed by atoms with Crippen molar-refractivity contribution in [2.45, 2.75) is 141 Å². The maximum absolute atomic E-state index is 15.0. The second-order valence-corrected chi connectivity index (χ2v) is 18.8. The predicted molar refractivity (Wildman–Crippen MR) is 210 cm³/mol. The lowest BCUT2D eigenvalue weighted by Crippen LogP contribution is -2.63. The zero-order valence-corrected chi connectivity index (χ0v) is 34.7. The summed E-state index contributed by atoms with van der Waals surface area (Å²) in [4.78, 5) is 28.9. The first-order chi connectivity index (χ1) is 27.9. The minimum Gasteiger partial charge on any atom is -0.463 e. The van der Waals surface area contributed by atoms with Crippen LogP contribution in [0.5, 0.6) is 6.01 Å². The SMILES string of the molecule is Cc1cc2c(cnn2C2CCCCO2)c(C(O)Cc2nc(OCC3(CN4CC[C@@H](F)C4)CC3)nc(N3C[C@H]4CC[C@@](C)(C3)N4C(=O)OC(C)(C)C)c2CO)c1C(F)(F)F. The van der Waals surface area contributed by atoms with Crippen molar-refractivity contribution >= 4 is 22.8 Å². The number of alkyl halides is 4. The van der Waals surface area contributed by atoms with Crippen molar-refractivity contribution in [3.05, 3.63) is 40.2 Å². The highest BCUT2D eigenvalue weighted by Crippen LogP contribution is 2.48. The van der Waals surface area contributed by atoms with Crippen LogP contribution in [0.15, 0.2) is 12.3 Å². The zero-order chi connectivity index (χ0) is 42.1. The van der Waals surface area contributed by atoms with E-state index in [1.165, 1.54) is 19.2 Å². The smallest absolute Gasteiger partial charge is 0.417 e. The van der Waals surface area contributed by atoms with E-state index in [9.17, 15) is 32.6 Å².